The van der Waals surface area contributed by atoms with Gasteiger partial charge in [-0.3, -0.25) is 9.69 Å². The lowest BCUT2D eigenvalue weighted by molar-refractivity contribution is 0.0985. The van der Waals surface area contributed by atoms with Crippen LogP contribution in [0.3, 0.4) is 0 Å². The zero-order chi connectivity index (χ0) is 25.9. The highest BCUT2D eigenvalue weighted by Gasteiger charge is 2.26. The first-order valence-corrected chi connectivity index (χ1v) is 13.5. The first kappa shape index (κ1) is 25.8. The van der Waals surface area contributed by atoms with Crippen LogP contribution < -0.4 is 14.4 Å². The van der Waals surface area contributed by atoms with Crippen LogP contribution in [0.2, 0.25) is 0 Å². The monoisotopic (exact) mass is 528 g/mol. The van der Waals surface area contributed by atoms with Crippen LogP contribution in [0.1, 0.15) is 10.4 Å². The van der Waals surface area contributed by atoms with E-state index in [-0.39, 0.29) is 30.7 Å². The Morgan fingerprint density at radius 2 is 1.69 bits per heavy atom. The topological polar surface area (TPSA) is 92.3 Å². The molecule has 1 amide bonds. The SMILES string of the molecule is C=CCN(CC=C)S(=O)(=O)c1ccc(C(=O)N(CCN(C)C)c2nc3cc4c(cc3s2)OCO4)cc1. The third-order valence-corrected chi connectivity index (χ3v) is 8.41. The number of thiazole rings is 1. The number of aromatic nitrogens is 1. The Balaban J connectivity index is 1.64. The van der Waals surface area contributed by atoms with Crippen LogP contribution in [0, 0.1) is 0 Å². The third kappa shape index (κ3) is 5.29. The molecule has 0 atom stereocenters. The van der Waals surface area contributed by atoms with E-state index in [1.165, 1.54) is 52.1 Å². The molecule has 9 nitrogen and oxygen atoms in total. The molecule has 0 saturated heterocycles. The smallest absolute Gasteiger partial charge is 0.260 e. The number of ether oxygens (including phenoxy) is 2. The summed E-state index contributed by atoms with van der Waals surface area (Å²) >= 11 is 1.39. The molecule has 1 aromatic heterocycles. The maximum absolute atomic E-state index is 13.6. The van der Waals surface area contributed by atoms with Crippen LogP contribution in [-0.4, -0.2) is 75.6 Å². The largest absolute Gasteiger partial charge is 0.454 e. The maximum atomic E-state index is 13.6. The quantitative estimate of drug-likeness (QED) is 0.351. The highest BCUT2D eigenvalue weighted by Crippen LogP contribution is 2.40. The second-order valence-electron chi connectivity index (χ2n) is 8.35. The van der Waals surface area contributed by atoms with E-state index in [9.17, 15) is 13.2 Å². The molecule has 2 heterocycles. The van der Waals surface area contributed by atoms with Crippen LogP contribution in [0.4, 0.5) is 5.13 Å². The van der Waals surface area contributed by atoms with Crippen molar-refractivity contribution in [3.63, 3.8) is 0 Å². The van der Waals surface area contributed by atoms with Crippen molar-refractivity contribution >= 4 is 42.6 Å². The first-order valence-electron chi connectivity index (χ1n) is 11.2. The molecule has 1 aliphatic rings. The third-order valence-electron chi connectivity index (χ3n) is 5.52. The summed E-state index contributed by atoms with van der Waals surface area (Å²) in [6.07, 6.45) is 3.04. The van der Waals surface area contributed by atoms with Gasteiger partial charge in [-0.15, -0.1) is 13.2 Å². The second-order valence-corrected chi connectivity index (χ2v) is 11.3. The fourth-order valence-corrected chi connectivity index (χ4v) is 6.02. The van der Waals surface area contributed by atoms with Crippen molar-refractivity contribution < 1.29 is 22.7 Å². The number of carbonyl (C=O) groups excluding carboxylic acids is 1. The van der Waals surface area contributed by atoms with Crippen LogP contribution >= 0.6 is 11.3 Å². The van der Waals surface area contributed by atoms with Crippen molar-refractivity contribution in [1.82, 2.24) is 14.2 Å². The molecule has 1 aliphatic heterocycles. The molecule has 0 unspecified atom stereocenters. The first-order chi connectivity index (χ1) is 17.2. The van der Waals surface area contributed by atoms with Crippen LogP contribution in [0.25, 0.3) is 10.2 Å². The molecular weight excluding hydrogens is 500 g/mol. The standard InChI is InChI=1S/C25H28N4O5S2/c1-5-11-28(12-6-2)36(31,32)19-9-7-18(8-10-19)24(30)29(14-13-27(3)4)25-26-20-15-21-22(34-17-33-21)16-23(20)35-25/h5-10,15-16H,1-2,11-14,17H2,3-4H3. The lowest BCUT2D eigenvalue weighted by atomic mass is 10.2. The molecule has 0 fully saturated rings. The van der Waals surface area contributed by atoms with E-state index in [0.717, 1.165) is 4.70 Å². The number of sulfonamides is 1. The molecule has 0 saturated carbocycles. The minimum Gasteiger partial charge on any atom is -0.454 e. The number of anilines is 1. The lowest BCUT2D eigenvalue weighted by Crippen LogP contribution is -2.36. The number of nitrogens with zero attached hydrogens (tertiary/aromatic N) is 4. The Bertz CT molecular complexity index is 1330. The summed E-state index contributed by atoms with van der Waals surface area (Å²) in [4.78, 5) is 21.9. The van der Waals surface area contributed by atoms with E-state index in [2.05, 4.69) is 18.1 Å². The summed E-state index contributed by atoms with van der Waals surface area (Å²) in [5.41, 5.74) is 1.08. The van der Waals surface area contributed by atoms with E-state index in [1.807, 2.05) is 31.1 Å². The Morgan fingerprint density at radius 1 is 1.06 bits per heavy atom. The van der Waals surface area contributed by atoms with E-state index >= 15 is 0 Å². The van der Waals surface area contributed by atoms with Gasteiger partial charge in [0.15, 0.2) is 16.6 Å². The second kappa shape index (κ2) is 10.8. The average molecular weight is 529 g/mol. The fraction of sp³-hybridized carbons (Fsp3) is 0.280. The number of rotatable bonds is 11. The molecule has 190 valence electrons. The Morgan fingerprint density at radius 3 is 2.31 bits per heavy atom. The van der Waals surface area contributed by atoms with Gasteiger partial charge < -0.3 is 14.4 Å². The van der Waals surface area contributed by atoms with Gasteiger partial charge in [0.25, 0.3) is 5.91 Å². The van der Waals surface area contributed by atoms with Gasteiger partial charge in [-0.2, -0.15) is 4.31 Å². The molecule has 3 aromatic rings. The van der Waals surface area contributed by atoms with Gasteiger partial charge in [-0.05, 0) is 38.4 Å². The number of likely N-dealkylation sites (N-methyl/N-ethyl adjacent to an activating group) is 1. The van der Waals surface area contributed by atoms with Gasteiger partial charge in [0.05, 0.1) is 15.1 Å². The summed E-state index contributed by atoms with van der Waals surface area (Å²) < 4.78 is 39.1. The zero-order valence-electron chi connectivity index (χ0n) is 20.2. The summed E-state index contributed by atoms with van der Waals surface area (Å²) in [6, 6.07) is 9.63. The molecule has 0 spiro atoms. The van der Waals surface area contributed by atoms with Crippen molar-refractivity contribution in [2.24, 2.45) is 0 Å². The molecule has 0 aliphatic carbocycles. The summed E-state index contributed by atoms with van der Waals surface area (Å²) in [6.45, 7) is 8.77. The maximum Gasteiger partial charge on any atom is 0.260 e. The zero-order valence-corrected chi connectivity index (χ0v) is 21.8. The Hall–Kier alpha value is -3.25. The highest BCUT2D eigenvalue weighted by atomic mass is 32.2. The average Bonchev–Trinajstić information content (AvgIpc) is 3.48. The minimum atomic E-state index is -3.76. The van der Waals surface area contributed by atoms with Gasteiger partial charge in [-0.25, -0.2) is 13.4 Å². The van der Waals surface area contributed by atoms with Gasteiger partial charge in [0.2, 0.25) is 16.8 Å². The number of benzene rings is 2. The molecule has 4 rings (SSSR count). The van der Waals surface area contributed by atoms with Gasteiger partial charge in [-0.1, -0.05) is 23.5 Å². The lowest BCUT2D eigenvalue weighted by Gasteiger charge is -2.22. The van der Waals surface area contributed by atoms with E-state index in [4.69, 9.17) is 9.47 Å². The number of hydrogen-bond acceptors (Lipinski definition) is 8. The number of fused-ring (bicyclic) bond motifs is 2. The van der Waals surface area contributed by atoms with E-state index in [0.29, 0.717) is 40.8 Å². The van der Waals surface area contributed by atoms with Crippen molar-refractivity contribution in [2.75, 3.05) is 52.0 Å². The van der Waals surface area contributed by atoms with Crippen molar-refractivity contribution in [3.05, 3.63) is 67.3 Å². The number of amides is 1. The van der Waals surface area contributed by atoms with Crippen LogP contribution in [0.5, 0.6) is 11.5 Å². The van der Waals surface area contributed by atoms with Crippen molar-refractivity contribution in [2.45, 2.75) is 4.90 Å². The molecule has 0 N–H and O–H groups in total. The van der Waals surface area contributed by atoms with Crippen LogP contribution in [0.15, 0.2) is 66.6 Å². The summed E-state index contributed by atoms with van der Waals surface area (Å²) in [5, 5.41) is 0.542. The normalized spacial score (nSPS) is 12.9. The predicted octanol–water partition coefficient (Wildman–Crippen LogP) is 3.60. The molecule has 11 heteroatoms. The van der Waals surface area contributed by atoms with Crippen LogP contribution in [-0.2, 0) is 10.0 Å². The van der Waals surface area contributed by atoms with Gasteiger partial charge in [0, 0.05) is 43.9 Å². The number of hydrogen-bond donors (Lipinski definition) is 0. The molecule has 0 bridgehead atoms. The van der Waals surface area contributed by atoms with E-state index < -0.39 is 10.0 Å². The number of carbonyl (C=O) groups is 1. The molecule has 0 radical (unpaired) electrons. The van der Waals surface area contributed by atoms with Gasteiger partial charge >= 0.3 is 0 Å². The van der Waals surface area contributed by atoms with Crippen molar-refractivity contribution in [1.29, 1.82) is 0 Å². The van der Waals surface area contributed by atoms with E-state index in [1.54, 1.807) is 4.90 Å². The molecular formula is C25H28N4O5S2. The molecule has 2 aromatic carbocycles. The minimum absolute atomic E-state index is 0.0945. The summed E-state index contributed by atoms with van der Waals surface area (Å²) in [7, 11) is 0.0984. The Labute approximate surface area is 214 Å². The molecule has 36 heavy (non-hydrogen) atoms. The predicted molar refractivity (Wildman–Crippen MR) is 142 cm³/mol. The Kier molecular flexibility index (Phi) is 7.74. The van der Waals surface area contributed by atoms with Gasteiger partial charge in [0.1, 0.15) is 0 Å². The highest BCUT2D eigenvalue weighted by molar-refractivity contribution is 7.89. The summed E-state index contributed by atoms with van der Waals surface area (Å²) in [5.74, 6) is 1.01. The van der Waals surface area contributed by atoms with Crippen molar-refractivity contribution in [3.8, 4) is 11.5 Å². The fourth-order valence-electron chi connectivity index (χ4n) is 3.64.